The van der Waals surface area contributed by atoms with Crippen LogP contribution in [0.2, 0.25) is 0 Å². The van der Waals surface area contributed by atoms with E-state index in [2.05, 4.69) is 9.88 Å². The fourth-order valence-electron chi connectivity index (χ4n) is 5.73. The highest BCUT2D eigenvalue weighted by Crippen LogP contribution is 2.35. The van der Waals surface area contributed by atoms with Crippen LogP contribution in [0.5, 0.6) is 0 Å². The molecule has 0 spiro atoms. The highest BCUT2D eigenvalue weighted by atomic mass is 32.2. The quantitative estimate of drug-likeness (QED) is 0.329. The molecule has 0 unspecified atom stereocenters. The number of fused-ring (bicyclic) bond motifs is 1. The molecule has 2 N–H and O–H groups in total. The lowest BCUT2D eigenvalue weighted by Gasteiger charge is -2.37. The normalized spacial score (nSPS) is 17.0. The Labute approximate surface area is 253 Å². The number of nitrogens with zero attached hydrogens (tertiary/aromatic N) is 5. The fourth-order valence-corrected chi connectivity index (χ4v) is 6.63. The Kier molecular flexibility index (Phi) is 8.18. The molecule has 2 fully saturated rings. The van der Waals surface area contributed by atoms with Crippen molar-refractivity contribution in [2.24, 2.45) is 0 Å². The number of rotatable bonds is 5. The van der Waals surface area contributed by atoms with E-state index >= 15 is 8.78 Å². The first-order valence-corrected chi connectivity index (χ1v) is 15.4. The topological polar surface area (TPSA) is 93.0 Å². The van der Waals surface area contributed by atoms with Gasteiger partial charge in [0.15, 0.2) is 0 Å². The van der Waals surface area contributed by atoms with Crippen molar-refractivity contribution in [1.29, 1.82) is 0 Å². The highest BCUT2D eigenvalue weighted by molar-refractivity contribution is 7.99. The van der Waals surface area contributed by atoms with Crippen LogP contribution in [0.1, 0.15) is 21.5 Å². The van der Waals surface area contributed by atoms with Gasteiger partial charge in [0.1, 0.15) is 11.6 Å². The number of aryl methyl sites for hydroxylation is 1. The third kappa shape index (κ3) is 5.75. The predicted octanol–water partition coefficient (Wildman–Crippen LogP) is 4.08. The number of benzene rings is 3. The standard InChI is InChI=1S/C32H33F2N5O3S/c1-20-16-21(6-7-23(20)31(40)38-10-8-37(2)9-11-38)28-19-35-27-5-3-4-24(30(27)36-28)22-17-25(33)29(26(34)18-22)32(41,42)39-12-14-43-15-13-39/h3-7,16-19,41-42H,8-15H2,1-2H3. The van der Waals surface area contributed by atoms with E-state index < -0.39 is 23.1 Å². The summed E-state index contributed by atoms with van der Waals surface area (Å²) in [5.41, 5.74) is 3.60. The van der Waals surface area contributed by atoms with Gasteiger partial charge in [-0.2, -0.15) is 11.8 Å². The molecule has 0 radical (unpaired) electrons. The Bertz CT molecular complexity index is 1660. The van der Waals surface area contributed by atoms with Crippen molar-refractivity contribution in [1.82, 2.24) is 24.7 Å². The van der Waals surface area contributed by atoms with E-state index in [0.717, 1.165) is 36.3 Å². The molecule has 4 aromatic rings. The number of hydrogen-bond donors (Lipinski definition) is 2. The minimum atomic E-state index is -2.77. The van der Waals surface area contributed by atoms with E-state index in [1.165, 1.54) is 4.90 Å². The molecular weight excluding hydrogens is 572 g/mol. The molecule has 11 heteroatoms. The Morgan fingerprint density at radius 3 is 2.30 bits per heavy atom. The van der Waals surface area contributed by atoms with Gasteiger partial charge in [0, 0.05) is 67.5 Å². The van der Waals surface area contributed by atoms with Crippen molar-refractivity contribution < 1.29 is 23.8 Å². The Hall–Kier alpha value is -3.48. The van der Waals surface area contributed by atoms with Gasteiger partial charge >= 0.3 is 0 Å². The molecule has 43 heavy (non-hydrogen) atoms. The summed E-state index contributed by atoms with van der Waals surface area (Å²) in [6, 6.07) is 12.9. The molecule has 8 nitrogen and oxygen atoms in total. The number of halogens is 2. The third-order valence-corrected chi connectivity index (χ3v) is 9.20. The molecule has 3 aromatic carbocycles. The van der Waals surface area contributed by atoms with Crippen LogP contribution in [0.15, 0.2) is 54.7 Å². The lowest BCUT2D eigenvalue weighted by atomic mass is 9.99. The minimum Gasteiger partial charge on any atom is -0.349 e. The van der Waals surface area contributed by atoms with Gasteiger partial charge in [-0.25, -0.2) is 18.7 Å². The van der Waals surface area contributed by atoms with Gasteiger partial charge in [-0.15, -0.1) is 0 Å². The summed E-state index contributed by atoms with van der Waals surface area (Å²) in [4.78, 5) is 27.9. The van der Waals surface area contributed by atoms with E-state index in [4.69, 9.17) is 4.98 Å². The van der Waals surface area contributed by atoms with E-state index in [1.54, 1.807) is 36.2 Å². The third-order valence-electron chi connectivity index (χ3n) is 8.26. The average molecular weight is 606 g/mol. The molecular formula is C32H33F2N5O3S. The van der Waals surface area contributed by atoms with Gasteiger partial charge in [-0.1, -0.05) is 18.2 Å². The maximum atomic E-state index is 15.4. The summed E-state index contributed by atoms with van der Waals surface area (Å²) < 4.78 is 30.9. The molecule has 0 bridgehead atoms. The molecule has 1 amide bonds. The number of likely N-dealkylation sites (N-methyl/N-ethyl adjacent to an activating group) is 1. The maximum Gasteiger partial charge on any atom is 0.259 e. The van der Waals surface area contributed by atoms with Crippen molar-refractivity contribution in [3.05, 3.63) is 83.1 Å². The largest absolute Gasteiger partial charge is 0.349 e. The van der Waals surface area contributed by atoms with Crippen molar-refractivity contribution in [2.45, 2.75) is 12.8 Å². The maximum absolute atomic E-state index is 15.4. The predicted molar refractivity (Wildman–Crippen MR) is 163 cm³/mol. The van der Waals surface area contributed by atoms with E-state index in [1.807, 2.05) is 37.1 Å². The van der Waals surface area contributed by atoms with Crippen molar-refractivity contribution in [3.63, 3.8) is 0 Å². The van der Waals surface area contributed by atoms with Crippen LogP contribution in [0, 0.1) is 18.6 Å². The number of piperazine rings is 1. The molecule has 0 aliphatic carbocycles. The van der Waals surface area contributed by atoms with E-state index in [-0.39, 0.29) is 11.5 Å². The average Bonchev–Trinajstić information content (AvgIpc) is 3.00. The number of aliphatic hydroxyl groups is 2. The fraction of sp³-hybridized carbons (Fsp3) is 0.344. The molecule has 2 saturated heterocycles. The number of hydrogen-bond acceptors (Lipinski definition) is 8. The van der Waals surface area contributed by atoms with E-state index in [0.29, 0.717) is 65.5 Å². The van der Waals surface area contributed by atoms with Gasteiger partial charge in [0.2, 0.25) is 0 Å². The summed E-state index contributed by atoms with van der Waals surface area (Å²) in [7, 11) is 2.05. The summed E-state index contributed by atoms with van der Waals surface area (Å²) in [6.45, 7) is 5.54. The first-order valence-electron chi connectivity index (χ1n) is 14.3. The number of para-hydroxylation sites is 1. The summed E-state index contributed by atoms with van der Waals surface area (Å²) in [5.74, 6) is -3.61. The number of amides is 1. The van der Waals surface area contributed by atoms with Crippen LogP contribution in [0.25, 0.3) is 33.4 Å². The molecule has 0 saturated carbocycles. The Balaban J connectivity index is 1.33. The van der Waals surface area contributed by atoms with Gasteiger partial charge in [-0.05, 0) is 55.4 Å². The lowest BCUT2D eigenvalue weighted by Crippen LogP contribution is -2.50. The second-order valence-electron chi connectivity index (χ2n) is 11.1. The zero-order chi connectivity index (χ0) is 30.3. The van der Waals surface area contributed by atoms with Gasteiger partial charge in [0.05, 0.1) is 28.5 Å². The van der Waals surface area contributed by atoms with Crippen LogP contribution < -0.4 is 0 Å². The van der Waals surface area contributed by atoms with Gasteiger partial charge in [-0.3, -0.25) is 9.78 Å². The van der Waals surface area contributed by atoms with Crippen LogP contribution >= 0.6 is 11.8 Å². The lowest BCUT2D eigenvalue weighted by molar-refractivity contribution is -0.276. The second kappa shape index (κ2) is 11.9. The molecule has 2 aliphatic heterocycles. The summed E-state index contributed by atoms with van der Waals surface area (Å²) >= 11 is 1.64. The van der Waals surface area contributed by atoms with Gasteiger partial charge in [0.25, 0.3) is 11.8 Å². The van der Waals surface area contributed by atoms with Crippen LogP contribution in [-0.4, -0.2) is 98.6 Å². The van der Waals surface area contributed by atoms with Crippen LogP contribution in [-0.2, 0) is 5.91 Å². The van der Waals surface area contributed by atoms with Crippen molar-refractivity contribution in [3.8, 4) is 22.4 Å². The minimum absolute atomic E-state index is 0.00508. The summed E-state index contributed by atoms with van der Waals surface area (Å²) in [5, 5.41) is 21.5. The monoisotopic (exact) mass is 605 g/mol. The molecule has 0 atom stereocenters. The number of carbonyl (C=O) groups is 1. The zero-order valence-electron chi connectivity index (χ0n) is 24.1. The molecule has 224 valence electrons. The molecule has 3 heterocycles. The zero-order valence-corrected chi connectivity index (χ0v) is 24.9. The summed E-state index contributed by atoms with van der Waals surface area (Å²) in [6.07, 6.45) is 1.63. The smallest absolute Gasteiger partial charge is 0.259 e. The van der Waals surface area contributed by atoms with Crippen molar-refractivity contribution >= 4 is 28.7 Å². The molecule has 6 rings (SSSR count). The Morgan fingerprint density at radius 2 is 1.63 bits per heavy atom. The Morgan fingerprint density at radius 1 is 0.930 bits per heavy atom. The SMILES string of the molecule is Cc1cc(-c2cnc3cccc(-c4cc(F)c(C(O)(O)N5CCSCC5)c(F)c4)c3n2)ccc1C(=O)N1CCN(C)CC1. The number of thioether (sulfide) groups is 1. The number of aromatic nitrogens is 2. The first kappa shape index (κ1) is 29.6. The van der Waals surface area contributed by atoms with E-state index in [9.17, 15) is 15.0 Å². The molecule has 2 aliphatic rings. The first-order chi connectivity index (χ1) is 20.6. The number of carbonyl (C=O) groups excluding carboxylic acids is 1. The second-order valence-corrected chi connectivity index (χ2v) is 12.3. The van der Waals surface area contributed by atoms with Crippen molar-refractivity contribution in [2.75, 3.05) is 57.8 Å². The molecule has 1 aromatic heterocycles. The van der Waals surface area contributed by atoms with Crippen LogP contribution in [0.4, 0.5) is 8.78 Å². The van der Waals surface area contributed by atoms with Crippen LogP contribution in [0.3, 0.4) is 0 Å². The van der Waals surface area contributed by atoms with Gasteiger partial charge < -0.3 is 20.0 Å². The highest BCUT2D eigenvalue weighted by Gasteiger charge is 2.40.